The van der Waals surface area contributed by atoms with Crippen molar-refractivity contribution in [3.05, 3.63) is 29.6 Å². The molecule has 3 heteroatoms. The summed E-state index contributed by atoms with van der Waals surface area (Å²) in [5.41, 5.74) is 5.16. The first-order valence-electron chi connectivity index (χ1n) is 5.10. The van der Waals surface area contributed by atoms with E-state index in [4.69, 9.17) is 5.11 Å². The standard InChI is InChI=1S/C12H17NOSi/c1-15(2,3)9-7-11-4-5-12(6-8-14)13-10-11/h4-5,10,14H,6,8H2,1-3H3. The number of pyridine rings is 1. The van der Waals surface area contributed by atoms with Crippen molar-refractivity contribution in [3.63, 3.8) is 0 Å². The molecule has 1 rings (SSSR count). The molecule has 0 saturated heterocycles. The van der Waals surface area contributed by atoms with Crippen LogP contribution in [0.5, 0.6) is 0 Å². The van der Waals surface area contributed by atoms with Gasteiger partial charge in [0.25, 0.3) is 0 Å². The Balaban J connectivity index is 2.75. The molecule has 0 spiro atoms. The summed E-state index contributed by atoms with van der Waals surface area (Å²) in [5.74, 6) is 3.14. The number of hydrogen-bond donors (Lipinski definition) is 1. The predicted octanol–water partition coefficient (Wildman–Crippen LogP) is 1.85. The molecule has 0 aliphatic carbocycles. The zero-order chi connectivity index (χ0) is 11.3. The number of hydrogen-bond acceptors (Lipinski definition) is 2. The molecule has 0 amide bonds. The van der Waals surface area contributed by atoms with Crippen LogP contribution in [0.25, 0.3) is 0 Å². The van der Waals surface area contributed by atoms with E-state index in [-0.39, 0.29) is 6.61 Å². The van der Waals surface area contributed by atoms with Crippen molar-refractivity contribution in [1.82, 2.24) is 4.98 Å². The third-order valence-corrected chi connectivity index (χ3v) is 2.65. The van der Waals surface area contributed by atoms with E-state index < -0.39 is 8.07 Å². The molecule has 0 bridgehead atoms. The van der Waals surface area contributed by atoms with Gasteiger partial charge in [0.2, 0.25) is 0 Å². The smallest absolute Gasteiger partial charge is 0.129 e. The van der Waals surface area contributed by atoms with Gasteiger partial charge >= 0.3 is 0 Å². The highest BCUT2D eigenvalue weighted by Crippen LogP contribution is 2.01. The van der Waals surface area contributed by atoms with Gasteiger partial charge in [0.15, 0.2) is 0 Å². The Morgan fingerprint density at radius 3 is 2.53 bits per heavy atom. The lowest BCUT2D eigenvalue weighted by atomic mass is 10.2. The Kier molecular flexibility index (Phi) is 4.07. The maximum Gasteiger partial charge on any atom is 0.129 e. The third kappa shape index (κ3) is 4.77. The normalized spacial score (nSPS) is 10.7. The van der Waals surface area contributed by atoms with Crippen LogP contribution in [0.1, 0.15) is 11.3 Å². The van der Waals surface area contributed by atoms with Crippen LogP contribution in [0, 0.1) is 11.5 Å². The van der Waals surface area contributed by atoms with E-state index in [9.17, 15) is 0 Å². The predicted molar refractivity (Wildman–Crippen MR) is 65.3 cm³/mol. The number of aliphatic hydroxyl groups excluding tert-OH is 1. The van der Waals surface area contributed by atoms with Crippen molar-refractivity contribution >= 4 is 8.07 Å². The van der Waals surface area contributed by atoms with Crippen molar-refractivity contribution < 1.29 is 5.11 Å². The molecule has 0 fully saturated rings. The molecular weight excluding hydrogens is 202 g/mol. The lowest BCUT2D eigenvalue weighted by Crippen LogP contribution is -2.16. The van der Waals surface area contributed by atoms with E-state index in [1.807, 2.05) is 12.1 Å². The van der Waals surface area contributed by atoms with Gasteiger partial charge in [-0.25, -0.2) is 0 Å². The SMILES string of the molecule is C[Si](C)(C)C#Cc1ccc(CCO)nc1. The minimum absolute atomic E-state index is 0.146. The molecule has 15 heavy (non-hydrogen) atoms. The highest BCUT2D eigenvalue weighted by molar-refractivity contribution is 6.83. The van der Waals surface area contributed by atoms with Crippen molar-refractivity contribution in [2.45, 2.75) is 26.1 Å². The third-order valence-electron chi connectivity index (χ3n) is 1.77. The topological polar surface area (TPSA) is 33.1 Å². The lowest BCUT2D eigenvalue weighted by Gasteiger charge is -2.03. The number of aromatic nitrogens is 1. The Labute approximate surface area is 92.4 Å². The molecule has 1 N–H and O–H groups in total. The fraction of sp³-hybridized carbons (Fsp3) is 0.417. The van der Waals surface area contributed by atoms with Gasteiger partial charge in [0.1, 0.15) is 8.07 Å². The summed E-state index contributed by atoms with van der Waals surface area (Å²) in [5, 5.41) is 8.74. The number of rotatable bonds is 2. The molecule has 0 atom stereocenters. The van der Waals surface area contributed by atoms with E-state index in [2.05, 4.69) is 36.1 Å². The Morgan fingerprint density at radius 2 is 2.07 bits per heavy atom. The Morgan fingerprint density at radius 1 is 1.33 bits per heavy atom. The molecule has 80 valence electrons. The summed E-state index contributed by atoms with van der Waals surface area (Å²) in [6.07, 6.45) is 2.39. The van der Waals surface area contributed by atoms with E-state index >= 15 is 0 Å². The molecule has 1 aromatic heterocycles. The maximum atomic E-state index is 8.74. The molecule has 0 saturated carbocycles. The van der Waals surface area contributed by atoms with Gasteiger partial charge < -0.3 is 5.11 Å². The van der Waals surface area contributed by atoms with E-state index in [1.54, 1.807) is 6.20 Å². The zero-order valence-electron chi connectivity index (χ0n) is 9.54. The van der Waals surface area contributed by atoms with Crippen LogP contribution in [0.3, 0.4) is 0 Å². The van der Waals surface area contributed by atoms with Crippen LogP contribution in [-0.2, 0) is 6.42 Å². The minimum atomic E-state index is -1.30. The minimum Gasteiger partial charge on any atom is -0.396 e. The van der Waals surface area contributed by atoms with Crippen molar-refractivity contribution in [2.75, 3.05) is 6.61 Å². The molecule has 0 aliphatic rings. The average molecular weight is 219 g/mol. The molecule has 1 heterocycles. The van der Waals surface area contributed by atoms with E-state index in [1.165, 1.54) is 0 Å². The highest BCUT2D eigenvalue weighted by Gasteiger charge is 2.07. The maximum absolute atomic E-state index is 8.74. The van der Waals surface area contributed by atoms with Gasteiger partial charge in [-0.1, -0.05) is 25.6 Å². The van der Waals surface area contributed by atoms with Crippen LogP contribution in [0.15, 0.2) is 18.3 Å². The van der Waals surface area contributed by atoms with Gasteiger partial charge in [-0.2, -0.15) is 0 Å². The van der Waals surface area contributed by atoms with Crippen LogP contribution in [0.4, 0.5) is 0 Å². The van der Waals surface area contributed by atoms with Gasteiger partial charge in [0, 0.05) is 30.5 Å². The molecule has 0 aliphatic heterocycles. The second-order valence-electron chi connectivity index (χ2n) is 4.51. The Bertz CT molecular complexity index is 367. The van der Waals surface area contributed by atoms with Crippen LogP contribution >= 0.6 is 0 Å². The number of nitrogens with zero attached hydrogens (tertiary/aromatic N) is 1. The molecular formula is C12H17NOSi. The Hall–Kier alpha value is -1.11. The summed E-state index contributed by atoms with van der Waals surface area (Å²) in [4.78, 5) is 4.22. The largest absolute Gasteiger partial charge is 0.396 e. The van der Waals surface area contributed by atoms with Crippen LogP contribution < -0.4 is 0 Å². The summed E-state index contributed by atoms with van der Waals surface area (Å²) < 4.78 is 0. The van der Waals surface area contributed by atoms with Gasteiger partial charge in [0.05, 0.1) is 0 Å². The fourth-order valence-corrected chi connectivity index (χ4v) is 1.54. The van der Waals surface area contributed by atoms with Gasteiger partial charge in [-0.15, -0.1) is 5.54 Å². The first-order valence-corrected chi connectivity index (χ1v) is 8.60. The highest BCUT2D eigenvalue weighted by atomic mass is 28.3. The quantitative estimate of drug-likeness (QED) is 0.608. The van der Waals surface area contributed by atoms with Crippen molar-refractivity contribution in [3.8, 4) is 11.5 Å². The average Bonchev–Trinajstić information content (AvgIpc) is 2.16. The second kappa shape index (κ2) is 5.10. The first kappa shape index (κ1) is 12.0. The first-order chi connectivity index (χ1) is 7.01. The van der Waals surface area contributed by atoms with Gasteiger partial charge in [-0.05, 0) is 12.1 Å². The van der Waals surface area contributed by atoms with Crippen molar-refractivity contribution in [2.24, 2.45) is 0 Å². The summed E-state index contributed by atoms with van der Waals surface area (Å²) in [7, 11) is -1.30. The van der Waals surface area contributed by atoms with Gasteiger partial charge in [-0.3, -0.25) is 4.98 Å². The molecule has 2 nitrogen and oxygen atoms in total. The summed E-state index contributed by atoms with van der Waals surface area (Å²) in [6.45, 7) is 6.79. The lowest BCUT2D eigenvalue weighted by molar-refractivity contribution is 0.298. The molecule has 1 aromatic rings. The zero-order valence-corrected chi connectivity index (χ0v) is 10.5. The monoisotopic (exact) mass is 219 g/mol. The second-order valence-corrected chi connectivity index (χ2v) is 9.26. The molecule has 0 aromatic carbocycles. The fourth-order valence-electron chi connectivity index (χ4n) is 1.02. The molecule has 0 unspecified atom stereocenters. The van der Waals surface area contributed by atoms with E-state index in [0.717, 1.165) is 11.3 Å². The molecule has 0 radical (unpaired) electrons. The summed E-state index contributed by atoms with van der Waals surface area (Å²) >= 11 is 0. The summed E-state index contributed by atoms with van der Waals surface area (Å²) in [6, 6.07) is 3.88. The van der Waals surface area contributed by atoms with E-state index in [0.29, 0.717) is 6.42 Å². The van der Waals surface area contributed by atoms with Crippen LogP contribution in [0.2, 0.25) is 19.6 Å². The number of aliphatic hydroxyl groups is 1. The van der Waals surface area contributed by atoms with Crippen molar-refractivity contribution in [1.29, 1.82) is 0 Å². The van der Waals surface area contributed by atoms with Crippen LogP contribution in [-0.4, -0.2) is 24.8 Å².